The fourth-order valence-electron chi connectivity index (χ4n) is 5.05. The van der Waals surface area contributed by atoms with Gasteiger partial charge < -0.3 is 20.4 Å². The monoisotopic (exact) mass is 629 g/mol. The number of nitrogens with one attached hydrogen (secondary N) is 3. The number of alkyl halides is 3. The van der Waals surface area contributed by atoms with Crippen molar-refractivity contribution in [2.24, 2.45) is 0 Å². The molecule has 0 spiro atoms. The number of halogens is 4. The number of ether oxygens (including phenoxy) is 1. The predicted octanol–water partition coefficient (Wildman–Crippen LogP) is 6.49. The molecule has 0 unspecified atom stereocenters. The molecule has 1 aliphatic heterocycles. The van der Waals surface area contributed by atoms with E-state index in [2.05, 4.69) is 20.6 Å². The average Bonchev–Trinajstić information content (AvgIpc) is 3.67. The van der Waals surface area contributed by atoms with Crippen LogP contribution in [-0.2, 0) is 30.3 Å². The van der Waals surface area contributed by atoms with Crippen molar-refractivity contribution in [3.05, 3.63) is 93.3 Å². The number of nitrogens with zero attached hydrogens (tertiary/aromatic N) is 2. The van der Waals surface area contributed by atoms with Crippen LogP contribution in [0.15, 0.2) is 54.7 Å². The summed E-state index contributed by atoms with van der Waals surface area (Å²) in [6, 6.07) is 12.3. The fourth-order valence-corrected chi connectivity index (χ4v) is 5.26. The molecule has 1 amide bonds. The first kappa shape index (κ1) is 33.0. The van der Waals surface area contributed by atoms with E-state index in [1.165, 1.54) is 19.2 Å². The Hall–Kier alpha value is -3.93. The van der Waals surface area contributed by atoms with Crippen molar-refractivity contribution in [2.45, 2.75) is 38.4 Å². The molecular formula is C32H35ClF3N5O3. The number of aromatic amines is 1. The van der Waals surface area contributed by atoms with Crippen LogP contribution < -0.4 is 10.6 Å². The molecule has 2 aromatic carbocycles. The summed E-state index contributed by atoms with van der Waals surface area (Å²) in [5.41, 5.74) is 2.26. The van der Waals surface area contributed by atoms with Crippen molar-refractivity contribution in [2.75, 3.05) is 39.6 Å². The van der Waals surface area contributed by atoms with E-state index in [-0.39, 0.29) is 17.7 Å². The molecule has 0 atom stereocenters. The number of anilines is 1. The standard InChI is InChI=1S/C30H28ClF3N4O3.C2H7N/c1-41-29(40)26-15-22-12-18(16-35-27(22)37-26)4-5-19-13-23(8-9-25(19)31)36-28(39)20-6-7-21(17-38-10-2-3-11-38)24(14-20)30(32,33)34;1-3-2/h6-9,12-16H,2-5,10-11,17H2,1H3,(H,35,37)(H,36,39);3H,1-2H3. The smallest absolute Gasteiger partial charge is 0.416 e. The van der Waals surface area contributed by atoms with Gasteiger partial charge in [0, 0.05) is 34.4 Å². The Morgan fingerprint density at radius 3 is 2.43 bits per heavy atom. The highest BCUT2D eigenvalue weighted by atomic mass is 35.5. The number of carbonyl (C=O) groups excluding carboxylic acids is 2. The van der Waals surface area contributed by atoms with Crippen LogP contribution in [0.3, 0.4) is 0 Å². The molecule has 0 bridgehead atoms. The summed E-state index contributed by atoms with van der Waals surface area (Å²) >= 11 is 6.41. The SMILES string of the molecule is CNC.COC(=O)c1cc2cc(CCc3cc(NC(=O)c4ccc(CN5CCCC5)c(C(F)(F)F)c4)ccc3Cl)cnc2[nH]1. The van der Waals surface area contributed by atoms with E-state index < -0.39 is 23.6 Å². The molecule has 12 heteroatoms. The van der Waals surface area contributed by atoms with Gasteiger partial charge in [0.25, 0.3) is 5.91 Å². The zero-order chi connectivity index (χ0) is 31.9. The number of methoxy groups -OCH3 is 1. The molecular weight excluding hydrogens is 595 g/mol. The van der Waals surface area contributed by atoms with Gasteiger partial charge >= 0.3 is 12.1 Å². The average molecular weight is 630 g/mol. The Morgan fingerprint density at radius 2 is 1.75 bits per heavy atom. The number of aryl methyl sites for hydroxylation is 2. The Morgan fingerprint density at radius 1 is 1.02 bits per heavy atom. The second kappa shape index (κ2) is 14.7. The quantitative estimate of drug-likeness (QED) is 0.193. The molecule has 2 aromatic heterocycles. The number of carbonyl (C=O) groups is 2. The largest absolute Gasteiger partial charge is 0.464 e. The first-order chi connectivity index (χ1) is 21.0. The second-order valence-electron chi connectivity index (χ2n) is 10.6. The molecule has 44 heavy (non-hydrogen) atoms. The Balaban J connectivity index is 0.00000141. The molecule has 1 saturated heterocycles. The molecule has 234 valence electrons. The summed E-state index contributed by atoms with van der Waals surface area (Å²) < 4.78 is 46.3. The van der Waals surface area contributed by atoms with Crippen LogP contribution in [0.2, 0.25) is 5.02 Å². The number of amides is 1. The predicted molar refractivity (Wildman–Crippen MR) is 165 cm³/mol. The van der Waals surface area contributed by atoms with Gasteiger partial charge in [0.1, 0.15) is 11.3 Å². The Labute approximate surface area is 258 Å². The zero-order valence-electron chi connectivity index (χ0n) is 24.8. The van der Waals surface area contributed by atoms with Gasteiger partial charge in [0.2, 0.25) is 0 Å². The van der Waals surface area contributed by atoms with E-state index >= 15 is 0 Å². The number of aromatic nitrogens is 2. The number of fused-ring (bicyclic) bond motifs is 1. The van der Waals surface area contributed by atoms with E-state index in [4.69, 9.17) is 16.3 Å². The summed E-state index contributed by atoms with van der Waals surface area (Å²) in [6.07, 6.45) is 0.173. The van der Waals surface area contributed by atoms with E-state index in [0.29, 0.717) is 34.9 Å². The van der Waals surface area contributed by atoms with E-state index in [1.807, 2.05) is 25.1 Å². The minimum atomic E-state index is -4.57. The van der Waals surface area contributed by atoms with Crippen molar-refractivity contribution in [1.82, 2.24) is 20.2 Å². The topological polar surface area (TPSA) is 99.3 Å². The van der Waals surface area contributed by atoms with Crippen molar-refractivity contribution >= 4 is 40.2 Å². The normalized spacial score (nSPS) is 13.4. The molecule has 0 radical (unpaired) electrons. The molecule has 4 aromatic rings. The van der Waals surface area contributed by atoms with Gasteiger partial charge in [-0.2, -0.15) is 13.2 Å². The number of hydrogen-bond acceptors (Lipinski definition) is 6. The van der Waals surface area contributed by atoms with Crippen molar-refractivity contribution in [1.29, 1.82) is 0 Å². The van der Waals surface area contributed by atoms with Crippen LogP contribution in [0.25, 0.3) is 11.0 Å². The van der Waals surface area contributed by atoms with Crippen molar-refractivity contribution in [3.63, 3.8) is 0 Å². The highest BCUT2D eigenvalue weighted by Gasteiger charge is 2.34. The van der Waals surface area contributed by atoms with Crippen molar-refractivity contribution in [3.8, 4) is 0 Å². The second-order valence-corrected chi connectivity index (χ2v) is 11.0. The highest BCUT2D eigenvalue weighted by molar-refractivity contribution is 6.31. The number of pyridine rings is 1. The molecule has 8 nitrogen and oxygen atoms in total. The molecule has 0 aliphatic carbocycles. The van der Waals surface area contributed by atoms with Gasteiger partial charge in [0.15, 0.2) is 0 Å². The van der Waals surface area contributed by atoms with Crippen LogP contribution in [0.5, 0.6) is 0 Å². The van der Waals surface area contributed by atoms with Crippen LogP contribution >= 0.6 is 11.6 Å². The number of rotatable bonds is 8. The summed E-state index contributed by atoms with van der Waals surface area (Å²) in [5, 5.41) is 6.71. The lowest BCUT2D eigenvalue weighted by Gasteiger charge is -2.19. The number of H-pyrrole nitrogens is 1. The first-order valence-electron chi connectivity index (χ1n) is 14.2. The van der Waals surface area contributed by atoms with E-state index in [1.54, 1.807) is 30.5 Å². The Bertz CT molecular complexity index is 1620. The maximum atomic E-state index is 13.9. The third-order valence-corrected chi connectivity index (χ3v) is 7.56. The first-order valence-corrected chi connectivity index (χ1v) is 14.6. The van der Waals surface area contributed by atoms with Crippen LogP contribution in [0.4, 0.5) is 18.9 Å². The summed E-state index contributed by atoms with van der Waals surface area (Å²) in [7, 11) is 5.05. The summed E-state index contributed by atoms with van der Waals surface area (Å²) in [4.78, 5) is 34.0. The highest BCUT2D eigenvalue weighted by Crippen LogP contribution is 2.34. The van der Waals surface area contributed by atoms with Crippen molar-refractivity contribution < 1.29 is 27.5 Å². The van der Waals surface area contributed by atoms with E-state index in [9.17, 15) is 22.8 Å². The number of benzene rings is 2. The van der Waals surface area contributed by atoms with Gasteiger partial charge in [-0.15, -0.1) is 0 Å². The minimum absolute atomic E-state index is 0.0730. The minimum Gasteiger partial charge on any atom is -0.464 e. The van der Waals surface area contributed by atoms with Gasteiger partial charge in [0.05, 0.1) is 12.7 Å². The maximum Gasteiger partial charge on any atom is 0.416 e. The van der Waals surface area contributed by atoms with Gasteiger partial charge in [-0.3, -0.25) is 9.69 Å². The molecule has 1 aliphatic rings. The Kier molecular flexibility index (Phi) is 11.0. The lowest BCUT2D eigenvalue weighted by Crippen LogP contribution is -2.22. The zero-order valence-corrected chi connectivity index (χ0v) is 25.5. The van der Waals surface area contributed by atoms with Crippen LogP contribution in [0, 0.1) is 0 Å². The molecule has 3 heterocycles. The third kappa shape index (κ3) is 8.37. The lowest BCUT2D eigenvalue weighted by atomic mass is 10.0. The third-order valence-electron chi connectivity index (χ3n) is 7.19. The number of esters is 1. The van der Waals surface area contributed by atoms with E-state index in [0.717, 1.165) is 48.5 Å². The maximum absolute atomic E-state index is 13.9. The molecule has 0 saturated carbocycles. The van der Waals surface area contributed by atoms with Gasteiger partial charge in [-0.1, -0.05) is 17.7 Å². The molecule has 1 fully saturated rings. The number of likely N-dealkylation sites (tertiary alicyclic amines) is 1. The lowest BCUT2D eigenvalue weighted by molar-refractivity contribution is -0.138. The van der Waals surface area contributed by atoms with Gasteiger partial charge in [-0.25, -0.2) is 9.78 Å². The number of hydrogen-bond donors (Lipinski definition) is 3. The van der Waals surface area contributed by atoms with Gasteiger partial charge in [-0.05, 0) is 112 Å². The summed E-state index contributed by atoms with van der Waals surface area (Å²) in [6.45, 7) is 1.74. The summed E-state index contributed by atoms with van der Waals surface area (Å²) in [5.74, 6) is -1.12. The molecule has 5 rings (SSSR count). The fraction of sp³-hybridized carbons (Fsp3) is 0.344. The van der Waals surface area contributed by atoms with Crippen LogP contribution in [-0.4, -0.2) is 61.0 Å². The van der Waals surface area contributed by atoms with Crippen LogP contribution in [0.1, 0.15) is 55.9 Å². The molecule has 3 N–H and O–H groups in total.